The van der Waals surface area contributed by atoms with Gasteiger partial charge < -0.3 is 15.1 Å². The van der Waals surface area contributed by atoms with Crippen molar-refractivity contribution in [3.8, 4) is 0 Å². The van der Waals surface area contributed by atoms with Crippen molar-refractivity contribution in [1.82, 2.24) is 25.1 Å². The normalized spacial score (nSPS) is 19.8. The molecule has 8 heteroatoms. The van der Waals surface area contributed by atoms with Crippen LogP contribution in [-0.2, 0) is 9.59 Å². The van der Waals surface area contributed by atoms with E-state index in [2.05, 4.69) is 32.0 Å². The number of nitrogens with zero attached hydrogens (tertiary/aromatic N) is 5. The Balaban J connectivity index is 1.42. The van der Waals surface area contributed by atoms with Gasteiger partial charge in [-0.3, -0.25) is 14.5 Å². The number of aromatic nitrogens is 2. The minimum absolute atomic E-state index is 0.0832. The minimum atomic E-state index is -0.140. The number of nitrogens with one attached hydrogen (secondary N) is 1. The van der Waals surface area contributed by atoms with E-state index in [9.17, 15) is 9.59 Å². The highest BCUT2D eigenvalue weighted by Gasteiger charge is 2.32. The van der Waals surface area contributed by atoms with Crippen LogP contribution >= 0.6 is 0 Å². The van der Waals surface area contributed by atoms with Crippen LogP contribution in [0.15, 0.2) is 18.5 Å². The topological polar surface area (TPSA) is 81.7 Å². The lowest BCUT2D eigenvalue weighted by Crippen LogP contribution is -2.55. The van der Waals surface area contributed by atoms with Crippen LogP contribution in [0.5, 0.6) is 0 Å². The summed E-state index contributed by atoms with van der Waals surface area (Å²) in [5.74, 6) is 1.17. The lowest BCUT2D eigenvalue weighted by molar-refractivity contribution is -0.137. The van der Waals surface area contributed by atoms with Crippen LogP contribution in [0, 0.1) is 5.92 Å². The predicted octanol–water partition coefficient (Wildman–Crippen LogP) is 1.14. The zero-order valence-electron chi connectivity index (χ0n) is 17.7. The maximum Gasteiger partial charge on any atom is 0.239 e. The number of unbranched alkanes of at least 4 members (excludes halogenated alkanes) is 1. The molecule has 0 aromatic carbocycles. The molecule has 2 aliphatic rings. The van der Waals surface area contributed by atoms with E-state index in [0.29, 0.717) is 13.1 Å². The first-order chi connectivity index (χ1) is 14.1. The fraction of sp³-hybridized carbons (Fsp3) is 0.714. The number of piperazine rings is 1. The van der Waals surface area contributed by atoms with Crippen molar-refractivity contribution in [2.24, 2.45) is 5.92 Å². The number of rotatable bonds is 7. The highest BCUT2D eigenvalue weighted by molar-refractivity contribution is 5.82. The third kappa shape index (κ3) is 5.65. The molecule has 2 amide bonds. The Morgan fingerprint density at radius 1 is 1.10 bits per heavy atom. The first kappa shape index (κ1) is 21.5. The van der Waals surface area contributed by atoms with E-state index in [1.165, 1.54) is 0 Å². The second-order valence-corrected chi connectivity index (χ2v) is 7.99. The number of anilines is 1. The minimum Gasteiger partial charge on any atom is -0.356 e. The van der Waals surface area contributed by atoms with Crippen molar-refractivity contribution < 1.29 is 9.59 Å². The Morgan fingerprint density at radius 2 is 1.76 bits per heavy atom. The number of likely N-dealkylation sites (tertiary alicyclic amines) is 1. The van der Waals surface area contributed by atoms with E-state index in [1.807, 2.05) is 17.9 Å². The van der Waals surface area contributed by atoms with Crippen molar-refractivity contribution >= 4 is 17.8 Å². The van der Waals surface area contributed by atoms with Gasteiger partial charge in [0.25, 0.3) is 0 Å². The average molecular weight is 403 g/mol. The van der Waals surface area contributed by atoms with E-state index in [4.69, 9.17) is 0 Å². The molecule has 2 saturated heterocycles. The Hall–Kier alpha value is -2.22. The van der Waals surface area contributed by atoms with Gasteiger partial charge in [-0.15, -0.1) is 0 Å². The molecular formula is C21H34N6O2. The third-order valence-electron chi connectivity index (χ3n) is 6.06. The maximum absolute atomic E-state index is 13.0. The fourth-order valence-corrected chi connectivity index (χ4v) is 4.08. The Morgan fingerprint density at radius 3 is 2.38 bits per heavy atom. The van der Waals surface area contributed by atoms with E-state index in [-0.39, 0.29) is 23.8 Å². The summed E-state index contributed by atoms with van der Waals surface area (Å²) in [6.07, 6.45) is 7.26. The lowest BCUT2D eigenvalue weighted by atomic mass is 9.94. The summed E-state index contributed by atoms with van der Waals surface area (Å²) in [5.41, 5.74) is 0. The van der Waals surface area contributed by atoms with Crippen LogP contribution in [0.4, 0.5) is 5.95 Å². The van der Waals surface area contributed by atoms with Crippen molar-refractivity contribution in [2.45, 2.75) is 45.6 Å². The smallest absolute Gasteiger partial charge is 0.239 e. The van der Waals surface area contributed by atoms with Crippen LogP contribution in [0.25, 0.3) is 0 Å². The van der Waals surface area contributed by atoms with E-state index in [0.717, 1.165) is 64.4 Å². The molecule has 29 heavy (non-hydrogen) atoms. The summed E-state index contributed by atoms with van der Waals surface area (Å²) in [6, 6.07) is 1.67. The number of piperidine rings is 1. The molecular weight excluding hydrogens is 368 g/mol. The highest BCUT2D eigenvalue weighted by Crippen LogP contribution is 2.20. The summed E-state index contributed by atoms with van der Waals surface area (Å²) in [6.45, 7) is 9.38. The van der Waals surface area contributed by atoms with E-state index >= 15 is 0 Å². The number of amides is 2. The second-order valence-electron chi connectivity index (χ2n) is 7.99. The van der Waals surface area contributed by atoms with Crippen molar-refractivity contribution in [2.75, 3.05) is 50.7 Å². The molecule has 8 nitrogen and oxygen atoms in total. The van der Waals surface area contributed by atoms with Crippen molar-refractivity contribution in [1.29, 1.82) is 0 Å². The molecule has 0 saturated carbocycles. The summed E-state index contributed by atoms with van der Waals surface area (Å²) in [7, 11) is 0. The monoisotopic (exact) mass is 402 g/mol. The highest BCUT2D eigenvalue weighted by atomic mass is 16.2. The Bertz CT molecular complexity index is 654. The van der Waals surface area contributed by atoms with Gasteiger partial charge in [-0.25, -0.2) is 9.97 Å². The summed E-state index contributed by atoms with van der Waals surface area (Å²) in [5, 5.41) is 3.04. The van der Waals surface area contributed by atoms with Crippen molar-refractivity contribution in [3.63, 3.8) is 0 Å². The van der Waals surface area contributed by atoms with Crippen LogP contribution in [0.1, 0.15) is 39.5 Å². The van der Waals surface area contributed by atoms with Gasteiger partial charge >= 0.3 is 0 Å². The molecule has 3 heterocycles. The standard InChI is InChI=1S/C21H34N6O2/c1-3-4-8-22-19(28)18-6-11-25(12-7-18)17(2)20(29)26-13-15-27(16-14-26)21-23-9-5-10-24-21/h5,9-10,17-18H,3-4,6-8,11-16H2,1-2H3,(H,22,28). The van der Waals surface area contributed by atoms with Crippen molar-refractivity contribution in [3.05, 3.63) is 18.5 Å². The number of carbonyl (C=O) groups excluding carboxylic acids is 2. The number of hydrogen-bond acceptors (Lipinski definition) is 6. The molecule has 0 spiro atoms. The molecule has 2 fully saturated rings. The zero-order chi connectivity index (χ0) is 20.6. The maximum atomic E-state index is 13.0. The van der Waals surface area contributed by atoms with Gasteiger partial charge in [-0.05, 0) is 45.3 Å². The molecule has 3 rings (SSSR count). The SMILES string of the molecule is CCCCNC(=O)C1CCN(C(C)C(=O)N2CCN(c3ncccn3)CC2)CC1. The third-order valence-corrected chi connectivity index (χ3v) is 6.06. The molecule has 160 valence electrons. The first-order valence-electron chi connectivity index (χ1n) is 10.9. The van der Waals surface area contributed by atoms with E-state index < -0.39 is 0 Å². The summed E-state index contributed by atoms with van der Waals surface area (Å²) < 4.78 is 0. The quantitative estimate of drug-likeness (QED) is 0.689. The number of hydrogen-bond donors (Lipinski definition) is 1. The molecule has 1 aromatic rings. The van der Waals surface area contributed by atoms with Gasteiger partial charge in [-0.2, -0.15) is 0 Å². The molecule has 2 aliphatic heterocycles. The molecule has 1 unspecified atom stereocenters. The molecule has 0 radical (unpaired) electrons. The summed E-state index contributed by atoms with van der Waals surface area (Å²) in [4.78, 5) is 40.1. The molecule has 0 aliphatic carbocycles. The number of carbonyl (C=O) groups is 2. The zero-order valence-corrected chi connectivity index (χ0v) is 17.7. The van der Waals surface area contributed by atoms with Crippen LogP contribution in [0.3, 0.4) is 0 Å². The van der Waals surface area contributed by atoms with Crippen LogP contribution in [0.2, 0.25) is 0 Å². The molecule has 1 N–H and O–H groups in total. The Labute approximate surface area is 173 Å². The second kappa shape index (κ2) is 10.5. The van der Waals surface area contributed by atoms with E-state index in [1.54, 1.807) is 12.4 Å². The van der Waals surface area contributed by atoms with Gasteiger partial charge in [0.2, 0.25) is 17.8 Å². The lowest BCUT2D eigenvalue weighted by Gasteiger charge is -2.40. The first-order valence-corrected chi connectivity index (χ1v) is 10.9. The van der Waals surface area contributed by atoms with Gasteiger partial charge in [0, 0.05) is 51.0 Å². The van der Waals surface area contributed by atoms with Gasteiger partial charge in [-0.1, -0.05) is 13.3 Å². The average Bonchev–Trinajstić information content (AvgIpc) is 2.79. The van der Waals surface area contributed by atoms with Gasteiger partial charge in [0.1, 0.15) is 0 Å². The molecule has 1 aromatic heterocycles. The van der Waals surface area contributed by atoms with Gasteiger partial charge in [0.05, 0.1) is 6.04 Å². The Kier molecular flexibility index (Phi) is 7.80. The summed E-state index contributed by atoms with van der Waals surface area (Å²) >= 11 is 0. The van der Waals surface area contributed by atoms with Crippen LogP contribution in [-0.4, -0.2) is 83.4 Å². The predicted molar refractivity (Wildman–Crippen MR) is 113 cm³/mol. The van der Waals surface area contributed by atoms with Crippen LogP contribution < -0.4 is 10.2 Å². The van der Waals surface area contributed by atoms with Gasteiger partial charge in [0.15, 0.2) is 0 Å². The molecule has 1 atom stereocenters. The fourth-order valence-electron chi connectivity index (χ4n) is 4.08. The molecule has 0 bridgehead atoms. The largest absolute Gasteiger partial charge is 0.356 e.